The van der Waals surface area contributed by atoms with Gasteiger partial charge in [-0.05, 0) is 76.2 Å². The van der Waals surface area contributed by atoms with E-state index in [-0.39, 0.29) is 18.0 Å². The zero-order valence-corrected chi connectivity index (χ0v) is 18.4. The summed E-state index contributed by atoms with van der Waals surface area (Å²) >= 11 is 0. The van der Waals surface area contributed by atoms with Gasteiger partial charge in [0, 0.05) is 5.92 Å². The summed E-state index contributed by atoms with van der Waals surface area (Å²) in [6.45, 7) is 10.1. The summed E-state index contributed by atoms with van der Waals surface area (Å²) in [6, 6.07) is 0. The zero-order chi connectivity index (χ0) is 20.9. The van der Waals surface area contributed by atoms with Crippen LogP contribution in [0.25, 0.3) is 0 Å². The van der Waals surface area contributed by atoms with E-state index in [9.17, 15) is 15.0 Å². The van der Waals surface area contributed by atoms with Crippen molar-refractivity contribution in [2.75, 3.05) is 0 Å². The number of hydrogen-bond donors (Lipinski definition) is 2. The minimum Gasteiger partial charge on any atom is -0.461 e. The number of carbonyl (C=O) groups is 1. The van der Waals surface area contributed by atoms with Crippen LogP contribution in [-0.2, 0) is 9.53 Å². The van der Waals surface area contributed by atoms with E-state index in [1.165, 1.54) is 5.57 Å². The van der Waals surface area contributed by atoms with Gasteiger partial charge in [0.25, 0.3) is 0 Å². The molecule has 0 aromatic rings. The van der Waals surface area contributed by atoms with Crippen LogP contribution in [-0.4, -0.2) is 34.5 Å². The molecule has 4 nitrogen and oxygen atoms in total. The lowest BCUT2D eigenvalue weighted by atomic mass is 9.66. The molecule has 6 atom stereocenters. The van der Waals surface area contributed by atoms with E-state index in [2.05, 4.69) is 25.2 Å². The van der Waals surface area contributed by atoms with Gasteiger partial charge in [0.1, 0.15) is 6.10 Å². The summed E-state index contributed by atoms with van der Waals surface area (Å²) in [5.41, 5.74) is 0.823. The van der Waals surface area contributed by atoms with Crippen LogP contribution in [0, 0.1) is 23.2 Å². The Morgan fingerprint density at radius 3 is 2.64 bits per heavy atom. The number of hydrogen-bond acceptors (Lipinski definition) is 4. The number of rotatable bonds is 9. The maximum absolute atomic E-state index is 12.7. The molecule has 0 aromatic heterocycles. The number of aliphatic hydroxyl groups excluding tert-OH is 2. The van der Waals surface area contributed by atoms with Crippen LogP contribution in [0.1, 0.15) is 79.6 Å². The van der Waals surface area contributed by atoms with Gasteiger partial charge in [0.15, 0.2) is 0 Å². The largest absolute Gasteiger partial charge is 0.461 e. The molecule has 0 saturated carbocycles. The average Bonchev–Trinajstić information content (AvgIpc) is 2.67. The highest BCUT2D eigenvalue weighted by atomic mass is 16.5. The van der Waals surface area contributed by atoms with Gasteiger partial charge >= 0.3 is 5.97 Å². The van der Waals surface area contributed by atoms with Crippen LogP contribution >= 0.6 is 0 Å². The van der Waals surface area contributed by atoms with E-state index in [1.807, 2.05) is 27.7 Å². The van der Waals surface area contributed by atoms with Crippen molar-refractivity contribution in [2.24, 2.45) is 23.2 Å². The first-order valence-electron chi connectivity index (χ1n) is 11.1. The molecule has 2 aliphatic carbocycles. The second-order valence-corrected chi connectivity index (χ2v) is 9.40. The van der Waals surface area contributed by atoms with Gasteiger partial charge in [0.2, 0.25) is 0 Å². The van der Waals surface area contributed by atoms with Crippen LogP contribution < -0.4 is 0 Å². The molecule has 0 radical (unpaired) electrons. The van der Waals surface area contributed by atoms with Crippen LogP contribution in [0.3, 0.4) is 0 Å². The van der Waals surface area contributed by atoms with E-state index in [0.29, 0.717) is 31.1 Å². The highest BCUT2D eigenvalue weighted by molar-refractivity contribution is 5.76. The Bertz CT molecular complexity index is 577. The Balaban J connectivity index is 2.11. The summed E-state index contributed by atoms with van der Waals surface area (Å²) in [6.07, 6.45) is 10.9. The lowest BCUT2D eigenvalue weighted by Gasteiger charge is -2.42. The Labute approximate surface area is 171 Å². The molecule has 2 rings (SSSR count). The van der Waals surface area contributed by atoms with Gasteiger partial charge in [-0.3, -0.25) is 4.79 Å². The fraction of sp³-hybridized carbons (Fsp3) is 0.792. The first-order chi connectivity index (χ1) is 13.2. The van der Waals surface area contributed by atoms with Crippen LogP contribution in [0.2, 0.25) is 0 Å². The zero-order valence-electron chi connectivity index (χ0n) is 18.4. The minimum absolute atomic E-state index is 0.0888. The third kappa shape index (κ3) is 5.70. The quantitative estimate of drug-likeness (QED) is 0.553. The molecule has 0 aliphatic heterocycles. The molecule has 0 bridgehead atoms. The lowest BCUT2D eigenvalue weighted by Crippen LogP contribution is -2.41. The summed E-state index contributed by atoms with van der Waals surface area (Å²) in [4.78, 5) is 12.7. The van der Waals surface area contributed by atoms with Gasteiger partial charge < -0.3 is 14.9 Å². The van der Waals surface area contributed by atoms with Crippen molar-refractivity contribution in [1.82, 2.24) is 0 Å². The van der Waals surface area contributed by atoms with Crippen molar-refractivity contribution in [1.29, 1.82) is 0 Å². The molecule has 0 aromatic carbocycles. The van der Waals surface area contributed by atoms with Crippen LogP contribution in [0.15, 0.2) is 23.8 Å². The number of ether oxygens (including phenoxy) is 1. The standard InChI is InChI=1S/C24H40O4/c1-6-18(25)15-19(26)13-14-20-16(3)11-12-17-9-8-10-21(22(17)20)28-23(27)24(4,5)7-2/h9,11-12,16,18-22,25-26H,6-8,10,13-15H2,1-5H3/t16?,18?,19?,20-,21-,22?/m0/s1. The molecule has 28 heavy (non-hydrogen) atoms. The second kappa shape index (κ2) is 10.1. The van der Waals surface area contributed by atoms with E-state index >= 15 is 0 Å². The Morgan fingerprint density at radius 1 is 1.29 bits per heavy atom. The number of aliphatic hydroxyl groups is 2. The second-order valence-electron chi connectivity index (χ2n) is 9.40. The predicted molar refractivity (Wildman–Crippen MR) is 113 cm³/mol. The molecule has 4 heteroatoms. The van der Waals surface area contributed by atoms with E-state index in [1.54, 1.807) is 0 Å². The monoisotopic (exact) mass is 392 g/mol. The summed E-state index contributed by atoms with van der Waals surface area (Å²) < 4.78 is 6.07. The third-order valence-corrected chi connectivity index (χ3v) is 6.89. The number of carbonyl (C=O) groups excluding carboxylic acids is 1. The average molecular weight is 393 g/mol. The van der Waals surface area contributed by atoms with Gasteiger partial charge in [-0.2, -0.15) is 0 Å². The number of fused-ring (bicyclic) bond motifs is 1. The highest BCUT2D eigenvalue weighted by Crippen LogP contribution is 2.44. The molecule has 4 unspecified atom stereocenters. The SMILES string of the molecule is CCC(O)CC(O)CC[C@H]1C(C)C=CC2=CCC[C@H](OC(=O)C(C)(C)CC)C21. The Kier molecular flexibility index (Phi) is 8.32. The molecular weight excluding hydrogens is 352 g/mol. The normalized spacial score (nSPS) is 29.6. The molecule has 0 heterocycles. The molecule has 0 spiro atoms. The van der Waals surface area contributed by atoms with Crippen molar-refractivity contribution in [3.63, 3.8) is 0 Å². The van der Waals surface area contributed by atoms with E-state index < -0.39 is 17.6 Å². The fourth-order valence-corrected chi connectivity index (χ4v) is 4.38. The smallest absolute Gasteiger partial charge is 0.311 e. The Morgan fingerprint density at radius 2 is 2.00 bits per heavy atom. The topological polar surface area (TPSA) is 66.8 Å². The molecule has 2 N–H and O–H groups in total. The molecule has 0 fully saturated rings. The fourth-order valence-electron chi connectivity index (χ4n) is 4.38. The maximum atomic E-state index is 12.7. The molecule has 0 saturated heterocycles. The first kappa shape index (κ1) is 23.2. The highest BCUT2D eigenvalue weighted by Gasteiger charge is 2.41. The van der Waals surface area contributed by atoms with Gasteiger partial charge in [-0.15, -0.1) is 0 Å². The summed E-state index contributed by atoms with van der Waals surface area (Å²) in [5.74, 6) is 0.818. The molecule has 0 amide bonds. The first-order valence-corrected chi connectivity index (χ1v) is 11.1. The predicted octanol–water partition coefficient (Wildman–Crippen LogP) is 4.80. The van der Waals surface area contributed by atoms with Crippen LogP contribution in [0.5, 0.6) is 0 Å². The molecule has 2 aliphatic rings. The van der Waals surface area contributed by atoms with Crippen LogP contribution in [0.4, 0.5) is 0 Å². The van der Waals surface area contributed by atoms with Gasteiger partial charge in [-0.1, -0.05) is 39.0 Å². The number of allylic oxidation sites excluding steroid dienone is 3. The van der Waals surface area contributed by atoms with Crippen molar-refractivity contribution in [3.05, 3.63) is 23.8 Å². The van der Waals surface area contributed by atoms with Crippen molar-refractivity contribution >= 4 is 5.97 Å². The maximum Gasteiger partial charge on any atom is 0.311 e. The van der Waals surface area contributed by atoms with Crippen molar-refractivity contribution in [2.45, 2.75) is 97.9 Å². The third-order valence-electron chi connectivity index (χ3n) is 6.89. The van der Waals surface area contributed by atoms with Crippen molar-refractivity contribution < 1.29 is 19.7 Å². The Hall–Kier alpha value is -1.13. The lowest BCUT2D eigenvalue weighted by molar-refractivity contribution is -0.164. The van der Waals surface area contributed by atoms with Gasteiger partial charge in [-0.25, -0.2) is 0 Å². The van der Waals surface area contributed by atoms with Crippen molar-refractivity contribution in [3.8, 4) is 0 Å². The number of esters is 1. The van der Waals surface area contributed by atoms with E-state index in [0.717, 1.165) is 25.7 Å². The molecule has 160 valence electrons. The summed E-state index contributed by atoms with van der Waals surface area (Å²) in [7, 11) is 0. The van der Waals surface area contributed by atoms with E-state index in [4.69, 9.17) is 4.74 Å². The summed E-state index contributed by atoms with van der Waals surface area (Å²) in [5, 5.41) is 20.1. The van der Waals surface area contributed by atoms with Gasteiger partial charge in [0.05, 0.1) is 17.6 Å². The minimum atomic E-state index is -0.482. The molecular formula is C24H40O4.